The molecule has 2 aromatic carbocycles. The van der Waals surface area contributed by atoms with Gasteiger partial charge in [-0.25, -0.2) is 4.79 Å². The van der Waals surface area contributed by atoms with Crippen LogP contribution in [0.3, 0.4) is 0 Å². The Bertz CT molecular complexity index is 851. The number of nitrogens with zero attached hydrogens (tertiary/aromatic N) is 2. The van der Waals surface area contributed by atoms with Crippen LogP contribution in [0.1, 0.15) is 31.1 Å². The van der Waals surface area contributed by atoms with Crippen molar-refractivity contribution < 1.29 is 14.3 Å². The zero-order valence-electron chi connectivity index (χ0n) is 16.4. The molecule has 0 aromatic heterocycles. The lowest BCUT2D eigenvalue weighted by molar-refractivity contribution is 0.0240. The first kappa shape index (κ1) is 20.2. The van der Waals surface area contributed by atoms with Gasteiger partial charge in [0.1, 0.15) is 11.9 Å². The summed E-state index contributed by atoms with van der Waals surface area (Å²) in [5.74, 6) is 0. The first-order valence-corrected chi connectivity index (χ1v) is 9.73. The quantitative estimate of drug-likeness (QED) is 0.689. The van der Waals surface area contributed by atoms with Crippen LogP contribution in [-0.4, -0.2) is 49.1 Å². The van der Waals surface area contributed by atoms with Gasteiger partial charge in [0.25, 0.3) is 0 Å². The molecule has 0 aliphatic carbocycles. The van der Waals surface area contributed by atoms with Gasteiger partial charge in [0, 0.05) is 48.0 Å². The minimum absolute atomic E-state index is 0.277. The van der Waals surface area contributed by atoms with Crippen molar-refractivity contribution in [3.05, 3.63) is 53.1 Å². The summed E-state index contributed by atoms with van der Waals surface area (Å²) in [5.41, 5.74) is 3.14. The van der Waals surface area contributed by atoms with E-state index in [2.05, 4.69) is 4.90 Å². The second-order valence-corrected chi connectivity index (χ2v) is 8.29. The van der Waals surface area contributed by atoms with Crippen LogP contribution < -0.4 is 4.90 Å². The molecule has 6 heteroatoms. The van der Waals surface area contributed by atoms with Gasteiger partial charge in [-0.1, -0.05) is 23.7 Å². The van der Waals surface area contributed by atoms with Gasteiger partial charge < -0.3 is 14.5 Å². The molecule has 3 rings (SSSR count). The number of aldehydes is 1. The molecular weight excluding hydrogens is 376 g/mol. The molecule has 1 saturated heterocycles. The summed E-state index contributed by atoms with van der Waals surface area (Å²) in [6, 6.07) is 13.3. The van der Waals surface area contributed by atoms with Gasteiger partial charge in [-0.2, -0.15) is 0 Å². The Kier molecular flexibility index (Phi) is 5.94. The van der Waals surface area contributed by atoms with E-state index in [0.717, 1.165) is 23.1 Å². The molecule has 5 nitrogen and oxygen atoms in total. The number of carbonyl (C=O) groups excluding carboxylic acids is 2. The van der Waals surface area contributed by atoms with Crippen LogP contribution in [0.15, 0.2) is 42.5 Å². The molecule has 0 bridgehead atoms. The molecule has 0 N–H and O–H groups in total. The Morgan fingerprint density at radius 1 is 1.04 bits per heavy atom. The maximum atomic E-state index is 12.3. The topological polar surface area (TPSA) is 49.9 Å². The highest BCUT2D eigenvalue weighted by Crippen LogP contribution is 2.33. The van der Waals surface area contributed by atoms with E-state index in [9.17, 15) is 9.59 Å². The van der Waals surface area contributed by atoms with Crippen molar-refractivity contribution in [2.45, 2.75) is 26.4 Å². The van der Waals surface area contributed by atoms with Crippen LogP contribution in [0.25, 0.3) is 11.1 Å². The third-order valence-corrected chi connectivity index (χ3v) is 4.84. The molecule has 0 radical (unpaired) electrons. The third-order valence-electron chi connectivity index (χ3n) is 4.58. The summed E-state index contributed by atoms with van der Waals surface area (Å²) in [7, 11) is 0. The van der Waals surface area contributed by atoms with Crippen molar-refractivity contribution in [1.82, 2.24) is 4.90 Å². The van der Waals surface area contributed by atoms with E-state index >= 15 is 0 Å². The van der Waals surface area contributed by atoms with E-state index in [-0.39, 0.29) is 6.09 Å². The van der Waals surface area contributed by atoms with Crippen molar-refractivity contribution in [1.29, 1.82) is 0 Å². The number of amides is 1. The zero-order valence-corrected chi connectivity index (χ0v) is 17.2. The highest BCUT2D eigenvalue weighted by Gasteiger charge is 2.26. The first-order valence-electron chi connectivity index (χ1n) is 9.35. The SMILES string of the molecule is CC(C)(C)OC(=O)N1CCN(c2ccc(C=O)cc2-c2ccc(Cl)cc2)CC1. The molecule has 1 aliphatic rings. The predicted molar refractivity (Wildman–Crippen MR) is 112 cm³/mol. The van der Waals surface area contributed by atoms with Crippen molar-refractivity contribution in [2.24, 2.45) is 0 Å². The van der Waals surface area contributed by atoms with Crippen LogP contribution in [0.5, 0.6) is 0 Å². The number of hydrogen-bond acceptors (Lipinski definition) is 4. The van der Waals surface area contributed by atoms with Crippen LogP contribution in [0, 0.1) is 0 Å². The van der Waals surface area contributed by atoms with E-state index in [1.165, 1.54) is 0 Å². The van der Waals surface area contributed by atoms with Gasteiger partial charge in [-0.05, 0) is 56.7 Å². The highest BCUT2D eigenvalue weighted by atomic mass is 35.5. The minimum atomic E-state index is -0.499. The fourth-order valence-electron chi connectivity index (χ4n) is 3.22. The number of rotatable bonds is 3. The smallest absolute Gasteiger partial charge is 0.410 e. The zero-order chi connectivity index (χ0) is 20.3. The summed E-state index contributed by atoms with van der Waals surface area (Å²) in [4.78, 5) is 27.5. The molecule has 0 spiro atoms. The number of anilines is 1. The van der Waals surface area contributed by atoms with E-state index in [1.807, 2.05) is 63.2 Å². The summed E-state index contributed by atoms with van der Waals surface area (Å²) < 4.78 is 5.47. The maximum Gasteiger partial charge on any atom is 0.410 e. The summed E-state index contributed by atoms with van der Waals surface area (Å²) >= 11 is 6.02. The third kappa shape index (κ3) is 4.84. The van der Waals surface area contributed by atoms with Crippen molar-refractivity contribution in [3.8, 4) is 11.1 Å². The van der Waals surface area contributed by atoms with Crippen LogP contribution >= 0.6 is 11.6 Å². The second-order valence-electron chi connectivity index (χ2n) is 7.86. The lowest BCUT2D eigenvalue weighted by Gasteiger charge is -2.37. The van der Waals surface area contributed by atoms with E-state index in [0.29, 0.717) is 36.8 Å². The minimum Gasteiger partial charge on any atom is -0.444 e. The van der Waals surface area contributed by atoms with Crippen LogP contribution in [0.2, 0.25) is 5.02 Å². The van der Waals surface area contributed by atoms with Gasteiger partial charge in [-0.15, -0.1) is 0 Å². The Morgan fingerprint density at radius 3 is 2.25 bits per heavy atom. The van der Waals surface area contributed by atoms with Gasteiger partial charge >= 0.3 is 6.09 Å². The van der Waals surface area contributed by atoms with Gasteiger partial charge in [-0.3, -0.25) is 4.79 Å². The molecule has 28 heavy (non-hydrogen) atoms. The van der Waals surface area contributed by atoms with Crippen molar-refractivity contribution in [2.75, 3.05) is 31.1 Å². The molecule has 2 aromatic rings. The monoisotopic (exact) mass is 400 g/mol. The lowest BCUT2D eigenvalue weighted by atomic mass is 10.00. The van der Waals surface area contributed by atoms with Crippen molar-refractivity contribution >= 4 is 29.7 Å². The number of benzene rings is 2. The Hall–Kier alpha value is -2.53. The fourth-order valence-corrected chi connectivity index (χ4v) is 3.35. The fraction of sp³-hybridized carbons (Fsp3) is 0.364. The van der Waals surface area contributed by atoms with Crippen LogP contribution in [-0.2, 0) is 4.74 Å². The molecule has 0 atom stereocenters. The van der Waals surface area contributed by atoms with E-state index < -0.39 is 5.60 Å². The predicted octanol–water partition coefficient (Wildman–Crippen LogP) is 4.88. The highest BCUT2D eigenvalue weighted by molar-refractivity contribution is 6.30. The summed E-state index contributed by atoms with van der Waals surface area (Å²) in [6.07, 6.45) is 0.574. The average Bonchev–Trinajstić information content (AvgIpc) is 2.67. The molecule has 0 unspecified atom stereocenters. The number of halogens is 1. The Morgan fingerprint density at radius 2 is 1.68 bits per heavy atom. The number of piperazine rings is 1. The molecule has 1 heterocycles. The van der Waals surface area contributed by atoms with E-state index in [1.54, 1.807) is 4.90 Å². The second kappa shape index (κ2) is 8.23. The maximum absolute atomic E-state index is 12.3. The van der Waals surface area contributed by atoms with Gasteiger partial charge in [0.05, 0.1) is 0 Å². The largest absolute Gasteiger partial charge is 0.444 e. The molecule has 148 valence electrons. The lowest BCUT2D eigenvalue weighted by Crippen LogP contribution is -2.50. The molecule has 1 aliphatic heterocycles. The van der Waals surface area contributed by atoms with Crippen LogP contribution in [0.4, 0.5) is 10.5 Å². The first-order chi connectivity index (χ1) is 13.3. The normalized spacial score (nSPS) is 14.7. The summed E-state index contributed by atoms with van der Waals surface area (Å²) in [5, 5.41) is 0.669. The summed E-state index contributed by atoms with van der Waals surface area (Å²) in [6.45, 7) is 8.17. The Balaban J connectivity index is 1.80. The molecule has 1 amide bonds. The molecular formula is C22H25ClN2O3. The van der Waals surface area contributed by atoms with Gasteiger partial charge in [0.15, 0.2) is 0 Å². The Labute approximate surface area is 170 Å². The molecule has 1 fully saturated rings. The van der Waals surface area contributed by atoms with E-state index in [4.69, 9.17) is 16.3 Å². The molecule has 0 saturated carbocycles. The standard InChI is InChI=1S/C22H25ClN2O3/c1-22(2,3)28-21(27)25-12-10-24(11-13-25)20-9-4-16(15-26)14-19(20)17-5-7-18(23)8-6-17/h4-9,14-15H,10-13H2,1-3H3. The van der Waals surface area contributed by atoms with Gasteiger partial charge in [0.2, 0.25) is 0 Å². The number of hydrogen-bond donors (Lipinski definition) is 0. The number of carbonyl (C=O) groups is 2. The number of ether oxygens (including phenoxy) is 1. The average molecular weight is 401 g/mol. The van der Waals surface area contributed by atoms with Crippen molar-refractivity contribution in [3.63, 3.8) is 0 Å².